The number of aryl methyl sites for hydroxylation is 1. The highest BCUT2D eigenvalue weighted by atomic mass is 15.3. The summed E-state index contributed by atoms with van der Waals surface area (Å²) in [5.74, 6) is 6.73. The largest absolute Gasteiger partial charge is 0.368 e. The molecule has 0 bridgehead atoms. The Bertz CT molecular complexity index is 290. The molecule has 0 fully saturated rings. The van der Waals surface area contributed by atoms with E-state index in [2.05, 4.69) is 22.3 Å². The first-order valence-electron chi connectivity index (χ1n) is 3.96. The fourth-order valence-electron chi connectivity index (χ4n) is 0.887. The Hall–Kier alpha value is -1.43. The zero-order valence-electron chi connectivity index (χ0n) is 7.46. The van der Waals surface area contributed by atoms with E-state index in [9.17, 15) is 0 Å². The number of hydrogen-bond acceptors (Lipinski definition) is 2. The summed E-state index contributed by atoms with van der Waals surface area (Å²) in [5, 5.41) is 7.33. The lowest BCUT2D eigenvalue weighted by Gasteiger charge is -1.96. The quantitative estimate of drug-likeness (QED) is 0.536. The van der Waals surface area contributed by atoms with Crippen molar-refractivity contribution in [1.82, 2.24) is 9.78 Å². The van der Waals surface area contributed by atoms with Crippen LogP contribution in [0.1, 0.15) is 13.3 Å². The molecule has 0 aromatic carbocycles. The van der Waals surface area contributed by atoms with Crippen molar-refractivity contribution in [2.45, 2.75) is 13.3 Å². The minimum absolute atomic E-state index is 0.859. The number of hydrogen-bond donors (Lipinski definition) is 1. The predicted molar refractivity (Wildman–Crippen MR) is 49.8 cm³/mol. The first-order chi connectivity index (χ1) is 5.83. The molecule has 0 spiro atoms. The van der Waals surface area contributed by atoms with Crippen LogP contribution in [0.5, 0.6) is 0 Å². The van der Waals surface area contributed by atoms with Gasteiger partial charge < -0.3 is 5.32 Å². The molecule has 3 nitrogen and oxygen atoms in total. The van der Waals surface area contributed by atoms with Gasteiger partial charge in [0, 0.05) is 32.3 Å². The number of nitrogens with zero attached hydrogens (tertiary/aromatic N) is 2. The molecular weight excluding hydrogens is 150 g/mol. The fourth-order valence-corrected chi connectivity index (χ4v) is 0.887. The standard InChI is InChI=1S/C9H13N3/c1-3-4-5-7-10-9-6-8-12(2)11-9/h6,8H,5,7H2,1-2H3,(H,10,11). The molecule has 3 heteroatoms. The van der Waals surface area contributed by atoms with E-state index in [0.29, 0.717) is 0 Å². The van der Waals surface area contributed by atoms with Crippen molar-refractivity contribution in [3.05, 3.63) is 12.3 Å². The van der Waals surface area contributed by atoms with Crippen molar-refractivity contribution in [1.29, 1.82) is 0 Å². The van der Waals surface area contributed by atoms with Gasteiger partial charge in [-0.2, -0.15) is 5.10 Å². The van der Waals surface area contributed by atoms with Crippen LogP contribution in [0.25, 0.3) is 0 Å². The summed E-state index contributed by atoms with van der Waals surface area (Å²) >= 11 is 0. The highest BCUT2D eigenvalue weighted by molar-refractivity contribution is 5.32. The van der Waals surface area contributed by atoms with E-state index in [1.165, 1.54) is 0 Å². The van der Waals surface area contributed by atoms with E-state index < -0.39 is 0 Å². The maximum atomic E-state index is 4.17. The van der Waals surface area contributed by atoms with Crippen LogP contribution in [0.15, 0.2) is 12.3 Å². The molecule has 0 aliphatic heterocycles. The van der Waals surface area contributed by atoms with Gasteiger partial charge >= 0.3 is 0 Å². The van der Waals surface area contributed by atoms with E-state index in [0.717, 1.165) is 18.8 Å². The molecule has 0 amide bonds. The molecule has 1 rings (SSSR count). The van der Waals surface area contributed by atoms with Crippen molar-refractivity contribution < 1.29 is 0 Å². The zero-order valence-corrected chi connectivity index (χ0v) is 7.46. The SMILES string of the molecule is CC#CCCNc1ccn(C)n1. The maximum absolute atomic E-state index is 4.17. The molecular formula is C9H13N3. The number of nitrogens with one attached hydrogen (secondary N) is 1. The summed E-state index contributed by atoms with van der Waals surface area (Å²) in [5.41, 5.74) is 0. The monoisotopic (exact) mass is 163 g/mol. The average Bonchev–Trinajstić information content (AvgIpc) is 2.45. The van der Waals surface area contributed by atoms with Gasteiger partial charge in [0.25, 0.3) is 0 Å². The summed E-state index contributed by atoms with van der Waals surface area (Å²) in [7, 11) is 1.90. The summed E-state index contributed by atoms with van der Waals surface area (Å²) in [6, 6.07) is 1.94. The predicted octanol–water partition coefficient (Wildman–Crippen LogP) is 1.25. The van der Waals surface area contributed by atoms with Gasteiger partial charge in [-0.05, 0) is 6.92 Å². The minimum atomic E-state index is 0.859. The maximum Gasteiger partial charge on any atom is 0.148 e. The normalized spacial score (nSPS) is 8.83. The molecule has 0 radical (unpaired) electrons. The summed E-state index contributed by atoms with van der Waals surface area (Å²) < 4.78 is 1.77. The van der Waals surface area contributed by atoms with Crippen molar-refractivity contribution in [3.63, 3.8) is 0 Å². The van der Waals surface area contributed by atoms with Gasteiger partial charge in [0.2, 0.25) is 0 Å². The second-order valence-electron chi connectivity index (χ2n) is 2.48. The molecule has 0 aliphatic carbocycles. The fraction of sp³-hybridized carbons (Fsp3) is 0.444. The molecule has 1 N–H and O–H groups in total. The van der Waals surface area contributed by atoms with Crippen LogP contribution in [-0.4, -0.2) is 16.3 Å². The number of anilines is 1. The van der Waals surface area contributed by atoms with Crippen LogP contribution in [0.4, 0.5) is 5.82 Å². The Morgan fingerprint density at radius 3 is 3.08 bits per heavy atom. The number of aromatic nitrogens is 2. The summed E-state index contributed by atoms with van der Waals surface area (Å²) in [6.07, 6.45) is 2.78. The van der Waals surface area contributed by atoms with Crippen LogP contribution in [0, 0.1) is 11.8 Å². The van der Waals surface area contributed by atoms with Crippen molar-refractivity contribution in [2.75, 3.05) is 11.9 Å². The summed E-state index contributed by atoms with van der Waals surface area (Å²) in [6.45, 7) is 2.71. The van der Waals surface area contributed by atoms with E-state index >= 15 is 0 Å². The van der Waals surface area contributed by atoms with Crippen molar-refractivity contribution >= 4 is 5.82 Å². The van der Waals surface area contributed by atoms with E-state index in [-0.39, 0.29) is 0 Å². The topological polar surface area (TPSA) is 29.9 Å². The molecule has 1 aromatic heterocycles. The highest BCUT2D eigenvalue weighted by Gasteiger charge is 1.92. The minimum Gasteiger partial charge on any atom is -0.368 e. The first kappa shape index (κ1) is 8.66. The molecule has 64 valence electrons. The Labute approximate surface area is 72.8 Å². The lowest BCUT2D eigenvalue weighted by molar-refractivity contribution is 0.768. The lowest BCUT2D eigenvalue weighted by atomic mass is 10.4. The van der Waals surface area contributed by atoms with Crippen LogP contribution in [-0.2, 0) is 7.05 Å². The summed E-state index contributed by atoms with van der Waals surface area (Å²) in [4.78, 5) is 0. The first-order valence-corrected chi connectivity index (χ1v) is 3.96. The van der Waals surface area contributed by atoms with Crippen LogP contribution in [0.2, 0.25) is 0 Å². The number of rotatable bonds is 3. The molecule has 1 heterocycles. The van der Waals surface area contributed by atoms with Crippen LogP contribution < -0.4 is 5.32 Å². The van der Waals surface area contributed by atoms with Gasteiger partial charge in [0.15, 0.2) is 0 Å². The Morgan fingerprint density at radius 2 is 2.50 bits per heavy atom. The van der Waals surface area contributed by atoms with Gasteiger partial charge in [-0.3, -0.25) is 4.68 Å². The lowest BCUT2D eigenvalue weighted by Crippen LogP contribution is -2.01. The van der Waals surface area contributed by atoms with Gasteiger partial charge in [0.05, 0.1) is 0 Å². The van der Waals surface area contributed by atoms with Crippen LogP contribution in [0.3, 0.4) is 0 Å². The molecule has 12 heavy (non-hydrogen) atoms. The van der Waals surface area contributed by atoms with E-state index in [1.54, 1.807) is 4.68 Å². The molecule has 0 unspecified atom stereocenters. The van der Waals surface area contributed by atoms with Gasteiger partial charge in [-0.1, -0.05) is 0 Å². The molecule has 0 aliphatic rings. The van der Waals surface area contributed by atoms with Gasteiger partial charge in [-0.15, -0.1) is 11.8 Å². The van der Waals surface area contributed by atoms with E-state index in [1.807, 2.05) is 26.2 Å². The molecule has 0 saturated carbocycles. The molecule has 1 aromatic rings. The smallest absolute Gasteiger partial charge is 0.148 e. The third-order valence-corrected chi connectivity index (χ3v) is 1.45. The zero-order chi connectivity index (χ0) is 8.81. The van der Waals surface area contributed by atoms with Gasteiger partial charge in [-0.25, -0.2) is 0 Å². The third kappa shape index (κ3) is 2.67. The van der Waals surface area contributed by atoms with Crippen molar-refractivity contribution in [3.8, 4) is 11.8 Å². The third-order valence-electron chi connectivity index (χ3n) is 1.45. The average molecular weight is 163 g/mol. The Kier molecular flexibility index (Phi) is 3.21. The van der Waals surface area contributed by atoms with Crippen LogP contribution >= 0.6 is 0 Å². The Balaban J connectivity index is 2.27. The second-order valence-corrected chi connectivity index (χ2v) is 2.48. The highest BCUT2D eigenvalue weighted by Crippen LogP contribution is 1.99. The van der Waals surface area contributed by atoms with E-state index in [4.69, 9.17) is 0 Å². The van der Waals surface area contributed by atoms with Crippen molar-refractivity contribution in [2.24, 2.45) is 7.05 Å². The molecule has 0 saturated heterocycles. The molecule has 0 atom stereocenters. The second kappa shape index (κ2) is 4.45. The Morgan fingerprint density at radius 1 is 1.67 bits per heavy atom. The van der Waals surface area contributed by atoms with Gasteiger partial charge in [0.1, 0.15) is 5.82 Å².